The van der Waals surface area contributed by atoms with E-state index in [0.717, 1.165) is 24.2 Å². The molecular formula is C21H31N3O3. The van der Waals surface area contributed by atoms with Gasteiger partial charge in [0.15, 0.2) is 6.10 Å². The number of carbonyl (C=O) groups is 2. The van der Waals surface area contributed by atoms with Gasteiger partial charge in [0.25, 0.3) is 5.91 Å². The van der Waals surface area contributed by atoms with E-state index >= 15 is 0 Å². The van der Waals surface area contributed by atoms with Crippen LogP contribution in [0.25, 0.3) is 0 Å². The second kappa shape index (κ2) is 7.98. The predicted molar refractivity (Wildman–Crippen MR) is 104 cm³/mol. The van der Waals surface area contributed by atoms with Crippen molar-refractivity contribution >= 4 is 11.8 Å². The first-order valence-electron chi connectivity index (χ1n) is 9.77. The first kappa shape index (κ1) is 19.8. The third-order valence-corrected chi connectivity index (χ3v) is 5.91. The third-order valence-electron chi connectivity index (χ3n) is 5.91. The molecule has 6 nitrogen and oxygen atoms in total. The lowest BCUT2D eigenvalue weighted by atomic mass is 9.93. The van der Waals surface area contributed by atoms with Crippen LogP contribution in [0.3, 0.4) is 0 Å². The number of nitrogens with zero attached hydrogens (tertiary/aromatic N) is 2. The molecule has 2 aliphatic heterocycles. The lowest BCUT2D eigenvalue weighted by Crippen LogP contribution is -2.56. The summed E-state index contributed by atoms with van der Waals surface area (Å²) in [5.41, 5.74) is 1.90. The van der Waals surface area contributed by atoms with E-state index in [1.807, 2.05) is 31.2 Å². The monoisotopic (exact) mass is 373 g/mol. The molecule has 0 bridgehead atoms. The molecule has 0 saturated carbocycles. The minimum absolute atomic E-state index is 0.0630. The van der Waals surface area contributed by atoms with Gasteiger partial charge in [0, 0.05) is 19.1 Å². The molecule has 1 aromatic rings. The molecule has 1 aromatic carbocycles. The molecular weight excluding hydrogens is 342 g/mol. The molecule has 27 heavy (non-hydrogen) atoms. The Bertz CT molecular complexity index is 698. The maximum absolute atomic E-state index is 13.0. The number of hydrogen-bond acceptors (Lipinski definition) is 4. The van der Waals surface area contributed by atoms with Crippen molar-refractivity contribution in [2.24, 2.45) is 0 Å². The third kappa shape index (κ3) is 4.17. The summed E-state index contributed by atoms with van der Waals surface area (Å²) in [5, 5.41) is 3.08. The average Bonchev–Trinajstić information content (AvgIpc) is 3.18. The fourth-order valence-corrected chi connectivity index (χ4v) is 4.06. The van der Waals surface area contributed by atoms with Crippen LogP contribution in [-0.2, 0) is 14.3 Å². The van der Waals surface area contributed by atoms with E-state index in [4.69, 9.17) is 4.74 Å². The summed E-state index contributed by atoms with van der Waals surface area (Å²) in [7, 11) is 1.75. The van der Waals surface area contributed by atoms with E-state index in [2.05, 4.69) is 24.1 Å². The minimum atomic E-state index is -0.705. The van der Waals surface area contributed by atoms with E-state index < -0.39 is 12.1 Å². The Hall–Kier alpha value is -1.92. The number of hydrogen-bond donors (Lipinski definition) is 1. The van der Waals surface area contributed by atoms with Crippen LogP contribution in [-0.4, -0.2) is 66.5 Å². The highest BCUT2D eigenvalue weighted by Gasteiger charge is 2.41. The lowest BCUT2D eigenvalue weighted by molar-refractivity contribution is -0.162. The van der Waals surface area contributed by atoms with Crippen molar-refractivity contribution in [3.8, 4) is 0 Å². The number of morpholine rings is 1. The highest BCUT2D eigenvalue weighted by atomic mass is 16.5. The number of rotatable bonds is 5. The number of carbonyl (C=O) groups excluding carboxylic acids is 2. The number of likely N-dealkylation sites (N-methyl/N-ethyl adjacent to an activating group) is 1. The molecule has 2 aliphatic rings. The molecule has 0 spiro atoms. The van der Waals surface area contributed by atoms with Crippen LogP contribution in [0.2, 0.25) is 0 Å². The fraction of sp³-hybridized carbons (Fsp3) is 0.619. The van der Waals surface area contributed by atoms with E-state index in [0.29, 0.717) is 6.54 Å². The van der Waals surface area contributed by atoms with Crippen LogP contribution in [0.1, 0.15) is 43.9 Å². The number of amides is 2. The number of nitrogens with one attached hydrogen (secondary N) is 1. The molecule has 0 aliphatic carbocycles. The number of ether oxygens (including phenoxy) is 1. The highest BCUT2D eigenvalue weighted by molar-refractivity contribution is 5.86. The van der Waals surface area contributed by atoms with E-state index in [1.54, 1.807) is 11.9 Å². The molecule has 1 N–H and O–H groups in total. The molecule has 2 fully saturated rings. The molecule has 2 heterocycles. The standard InChI is InChI=1S/C21H31N3O3/c1-15-9-5-6-10-16(15)18-19(27-13-17(25)23(18)4)20(26)22-14-21(2,3)24-11-7-8-12-24/h5-6,9-10,18-19H,7-8,11-14H2,1-4H3,(H,22,26)/t18-,19+/m1/s1. The van der Waals surface area contributed by atoms with Gasteiger partial charge in [-0.2, -0.15) is 0 Å². The number of benzene rings is 1. The SMILES string of the molecule is Cc1ccccc1[C@@H]1[C@@H](C(=O)NCC(C)(C)N2CCCC2)OCC(=O)N1C. The van der Waals surface area contributed by atoms with Gasteiger partial charge in [0.1, 0.15) is 6.61 Å². The zero-order valence-corrected chi connectivity index (χ0v) is 16.8. The topological polar surface area (TPSA) is 61.9 Å². The van der Waals surface area contributed by atoms with Gasteiger partial charge in [-0.3, -0.25) is 14.5 Å². The van der Waals surface area contributed by atoms with Gasteiger partial charge in [-0.15, -0.1) is 0 Å². The van der Waals surface area contributed by atoms with Gasteiger partial charge in [0.2, 0.25) is 5.91 Å². The summed E-state index contributed by atoms with van der Waals surface area (Å²) in [6, 6.07) is 7.43. The smallest absolute Gasteiger partial charge is 0.251 e. The maximum Gasteiger partial charge on any atom is 0.251 e. The average molecular weight is 373 g/mol. The molecule has 148 valence electrons. The van der Waals surface area contributed by atoms with Crippen molar-refractivity contribution < 1.29 is 14.3 Å². The summed E-state index contributed by atoms with van der Waals surface area (Å²) in [6.45, 7) is 8.96. The van der Waals surface area contributed by atoms with Gasteiger partial charge in [-0.1, -0.05) is 24.3 Å². The zero-order valence-electron chi connectivity index (χ0n) is 16.8. The molecule has 3 rings (SSSR count). The van der Waals surface area contributed by atoms with Crippen LogP contribution in [0.5, 0.6) is 0 Å². The largest absolute Gasteiger partial charge is 0.356 e. The molecule has 2 atom stereocenters. The first-order chi connectivity index (χ1) is 12.8. The van der Waals surface area contributed by atoms with Crippen LogP contribution in [0, 0.1) is 6.92 Å². The second-order valence-corrected chi connectivity index (χ2v) is 8.26. The summed E-state index contributed by atoms with van der Waals surface area (Å²) < 4.78 is 5.72. The van der Waals surface area contributed by atoms with Gasteiger partial charge >= 0.3 is 0 Å². The van der Waals surface area contributed by atoms with E-state index in [9.17, 15) is 9.59 Å². The molecule has 0 aromatic heterocycles. The quantitative estimate of drug-likeness (QED) is 0.856. The van der Waals surface area contributed by atoms with Crippen molar-refractivity contribution in [1.82, 2.24) is 15.1 Å². The van der Waals surface area contributed by atoms with Gasteiger partial charge in [0.05, 0.1) is 6.04 Å². The van der Waals surface area contributed by atoms with E-state index in [-0.39, 0.29) is 24.0 Å². The summed E-state index contributed by atoms with van der Waals surface area (Å²) in [5.74, 6) is -0.264. The van der Waals surface area contributed by atoms with E-state index in [1.165, 1.54) is 12.8 Å². The Morgan fingerprint density at radius 3 is 2.59 bits per heavy atom. The normalized spacial score (nSPS) is 24.3. The summed E-state index contributed by atoms with van der Waals surface area (Å²) in [6.07, 6.45) is 1.72. The number of likely N-dealkylation sites (tertiary alicyclic amines) is 1. The maximum atomic E-state index is 13.0. The Morgan fingerprint density at radius 2 is 1.93 bits per heavy atom. The minimum Gasteiger partial charge on any atom is -0.356 e. The van der Waals surface area contributed by atoms with Gasteiger partial charge in [-0.25, -0.2) is 0 Å². The molecule has 2 amide bonds. The van der Waals surface area contributed by atoms with Crippen molar-refractivity contribution in [3.05, 3.63) is 35.4 Å². The summed E-state index contributed by atoms with van der Waals surface area (Å²) >= 11 is 0. The predicted octanol–water partition coefficient (Wildman–Crippen LogP) is 1.88. The van der Waals surface area contributed by atoms with Crippen LogP contribution in [0.15, 0.2) is 24.3 Å². The van der Waals surface area contributed by atoms with Gasteiger partial charge < -0.3 is 15.0 Å². The van der Waals surface area contributed by atoms with Crippen molar-refractivity contribution in [2.45, 2.75) is 51.3 Å². The molecule has 0 radical (unpaired) electrons. The number of aryl methyl sites for hydroxylation is 1. The van der Waals surface area contributed by atoms with Crippen molar-refractivity contribution in [2.75, 3.05) is 33.3 Å². The van der Waals surface area contributed by atoms with Crippen molar-refractivity contribution in [3.63, 3.8) is 0 Å². The van der Waals surface area contributed by atoms with Crippen LogP contribution >= 0.6 is 0 Å². The second-order valence-electron chi connectivity index (χ2n) is 8.26. The fourth-order valence-electron chi connectivity index (χ4n) is 4.06. The Labute approximate surface area is 161 Å². The molecule has 2 saturated heterocycles. The van der Waals surface area contributed by atoms with Crippen LogP contribution in [0.4, 0.5) is 0 Å². The first-order valence-corrected chi connectivity index (χ1v) is 9.77. The Morgan fingerprint density at radius 1 is 1.26 bits per heavy atom. The molecule has 0 unspecified atom stereocenters. The Balaban J connectivity index is 1.75. The summed E-state index contributed by atoms with van der Waals surface area (Å²) in [4.78, 5) is 29.3. The zero-order chi connectivity index (χ0) is 19.6. The van der Waals surface area contributed by atoms with Crippen LogP contribution < -0.4 is 5.32 Å². The highest BCUT2D eigenvalue weighted by Crippen LogP contribution is 2.31. The van der Waals surface area contributed by atoms with Gasteiger partial charge in [-0.05, 0) is 57.8 Å². The Kier molecular flexibility index (Phi) is 5.86. The van der Waals surface area contributed by atoms with Crippen molar-refractivity contribution in [1.29, 1.82) is 0 Å². The molecule has 6 heteroatoms. The lowest BCUT2D eigenvalue weighted by Gasteiger charge is -2.40.